The Morgan fingerprint density at radius 3 is 2.86 bits per heavy atom. The fraction of sp³-hybridized carbons (Fsp3) is 0.333. The second kappa shape index (κ2) is 5.40. The molecule has 3 aromatic rings. The van der Waals surface area contributed by atoms with Gasteiger partial charge in [0.15, 0.2) is 0 Å². The quantitative estimate of drug-likeness (QED) is 0.708. The van der Waals surface area contributed by atoms with E-state index in [1.54, 1.807) is 11.3 Å². The molecule has 0 spiro atoms. The number of fused-ring (bicyclic) bond motifs is 3. The van der Waals surface area contributed by atoms with Crippen molar-refractivity contribution in [2.75, 3.05) is 18.4 Å². The van der Waals surface area contributed by atoms with Gasteiger partial charge in [-0.15, -0.1) is 11.3 Å². The first-order valence-electron chi connectivity index (χ1n) is 7.13. The van der Waals surface area contributed by atoms with E-state index in [0.29, 0.717) is 11.3 Å². The molecular weight excluding hydrogens is 304 g/mol. The van der Waals surface area contributed by atoms with Gasteiger partial charge in [-0.1, -0.05) is 18.2 Å². The third-order valence-electron chi connectivity index (χ3n) is 3.87. The number of hydrogen-bond acceptors (Lipinski definition) is 5. The highest BCUT2D eigenvalue weighted by molar-refractivity contribution is 7.26. The van der Waals surface area contributed by atoms with Crippen molar-refractivity contribution in [1.29, 1.82) is 0 Å². The maximum atomic E-state index is 6.13. The Morgan fingerprint density at radius 1 is 1.19 bits per heavy atom. The van der Waals surface area contributed by atoms with Crippen molar-refractivity contribution in [1.82, 2.24) is 15.3 Å². The van der Waals surface area contributed by atoms with Crippen LogP contribution in [0.3, 0.4) is 0 Å². The first-order chi connectivity index (χ1) is 10.3. The lowest BCUT2D eigenvalue weighted by atomic mass is 10.1. The van der Waals surface area contributed by atoms with Gasteiger partial charge in [-0.25, -0.2) is 4.98 Å². The molecule has 0 saturated carbocycles. The third kappa shape index (κ3) is 2.46. The van der Waals surface area contributed by atoms with Crippen LogP contribution in [-0.4, -0.2) is 29.1 Å². The van der Waals surface area contributed by atoms with Crippen LogP contribution in [0.1, 0.15) is 12.8 Å². The molecule has 1 aromatic carbocycles. The van der Waals surface area contributed by atoms with Crippen molar-refractivity contribution in [2.45, 2.75) is 18.9 Å². The normalized spacial score (nSPS) is 16.6. The van der Waals surface area contributed by atoms with Gasteiger partial charge in [0.2, 0.25) is 5.28 Å². The Hall–Kier alpha value is -1.43. The molecule has 6 heteroatoms. The van der Waals surface area contributed by atoms with E-state index in [1.807, 2.05) is 12.1 Å². The Balaban J connectivity index is 1.83. The number of benzene rings is 1. The third-order valence-corrected chi connectivity index (χ3v) is 5.21. The molecule has 1 saturated heterocycles. The Morgan fingerprint density at radius 2 is 2.00 bits per heavy atom. The molecule has 4 rings (SSSR count). The van der Waals surface area contributed by atoms with E-state index >= 15 is 0 Å². The number of thiophene rings is 1. The van der Waals surface area contributed by atoms with Crippen LogP contribution in [-0.2, 0) is 0 Å². The van der Waals surface area contributed by atoms with Crippen molar-refractivity contribution in [3.63, 3.8) is 0 Å². The molecule has 0 aliphatic carbocycles. The van der Waals surface area contributed by atoms with E-state index in [1.165, 1.54) is 4.70 Å². The molecule has 4 nitrogen and oxygen atoms in total. The van der Waals surface area contributed by atoms with Gasteiger partial charge in [0.25, 0.3) is 0 Å². The second-order valence-corrected chi connectivity index (χ2v) is 6.68. The van der Waals surface area contributed by atoms with Crippen LogP contribution in [0.2, 0.25) is 5.28 Å². The van der Waals surface area contributed by atoms with Crippen LogP contribution >= 0.6 is 22.9 Å². The van der Waals surface area contributed by atoms with Gasteiger partial charge in [-0.05, 0) is 43.6 Å². The standard InChI is InChI=1S/C15H15ClN4S/c16-15-19-12-10-3-1-2-4-11(10)21-13(12)14(20-15)18-9-5-7-17-8-6-9/h1-4,9,17H,5-8H2,(H,18,19,20). The maximum Gasteiger partial charge on any atom is 0.224 e. The number of halogens is 1. The van der Waals surface area contributed by atoms with Gasteiger partial charge in [0, 0.05) is 16.1 Å². The van der Waals surface area contributed by atoms with Gasteiger partial charge in [0.05, 0.1) is 10.2 Å². The minimum Gasteiger partial charge on any atom is -0.366 e. The topological polar surface area (TPSA) is 49.8 Å². The summed E-state index contributed by atoms with van der Waals surface area (Å²) in [6, 6.07) is 8.73. The molecule has 1 fully saturated rings. The number of rotatable bonds is 2. The van der Waals surface area contributed by atoms with E-state index in [-0.39, 0.29) is 0 Å². The number of aromatic nitrogens is 2. The van der Waals surface area contributed by atoms with Crippen LogP contribution in [0.5, 0.6) is 0 Å². The largest absolute Gasteiger partial charge is 0.366 e. The molecule has 2 N–H and O–H groups in total. The first-order valence-corrected chi connectivity index (χ1v) is 8.33. The summed E-state index contributed by atoms with van der Waals surface area (Å²) in [4.78, 5) is 8.85. The summed E-state index contributed by atoms with van der Waals surface area (Å²) >= 11 is 7.85. The van der Waals surface area contributed by atoms with Crippen molar-refractivity contribution < 1.29 is 0 Å². The zero-order valence-corrected chi connectivity index (χ0v) is 13.0. The van der Waals surface area contributed by atoms with Crippen molar-refractivity contribution in [3.05, 3.63) is 29.5 Å². The fourth-order valence-electron chi connectivity index (χ4n) is 2.82. The summed E-state index contributed by atoms with van der Waals surface area (Å²) in [7, 11) is 0. The molecule has 3 heterocycles. The van der Waals surface area contributed by atoms with Crippen LogP contribution in [0.4, 0.5) is 5.82 Å². The minimum atomic E-state index is 0.308. The van der Waals surface area contributed by atoms with Crippen LogP contribution in [0.25, 0.3) is 20.3 Å². The van der Waals surface area contributed by atoms with Crippen molar-refractivity contribution >= 4 is 49.1 Å². The molecule has 2 aromatic heterocycles. The smallest absolute Gasteiger partial charge is 0.224 e. The average Bonchev–Trinajstić information content (AvgIpc) is 2.87. The highest BCUT2D eigenvalue weighted by atomic mass is 35.5. The summed E-state index contributed by atoms with van der Waals surface area (Å²) in [5, 5.41) is 8.39. The molecule has 0 amide bonds. The number of nitrogens with one attached hydrogen (secondary N) is 2. The molecular formula is C15H15ClN4S. The number of anilines is 1. The maximum absolute atomic E-state index is 6.13. The van der Waals surface area contributed by atoms with E-state index in [9.17, 15) is 0 Å². The Kier molecular flexibility index (Phi) is 3.41. The van der Waals surface area contributed by atoms with E-state index in [4.69, 9.17) is 11.6 Å². The summed E-state index contributed by atoms with van der Waals surface area (Å²) in [5.41, 5.74) is 0.951. The molecule has 1 aliphatic heterocycles. The molecule has 1 aliphatic rings. The zero-order chi connectivity index (χ0) is 14.2. The van der Waals surface area contributed by atoms with Crippen LogP contribution in [0.15, 0.2) is 24.3 Å². The minimum absolute atomic E-state index is 0.308. The van der Waals surface area contributed by atoms with Crippen LogP contribution < -0.4 is 10.6 Å². The molecule has 108 valence electrons. The number of hydrogen-bond donors (Lipinski definition) is 2. The fourth-order valence-corrected chi connectivity index (χ4v) is 4.08. The molecule has 0 atom stereocenters. The zero-order valence-electron chi connectivity index (χ0n) is 11.4. The van der Waals surface area contributed by atoms with Gasteiger partial charge in [-0.3, -0.25) is 0 Å². The highest BCUT2D eigenvalue weighted by Gasteiger charge is 2.18. The van der Waals surface area contributed by atoms with Gasteiger partial charge in [0.1, 0.15) is 5.82 Å². The lowest BCUT2D eigenvalue weighted by Crippen LogP contribution is -2.35. The Bertz CT molecular complexity index is 795. The van der Waals surface area contributed by atoms with E-state index in [2.05, 4.69) is 32.7 Å². The molecule has 0 radical (unpaired) electrons. The first kappa shape index (κ1) is 13.2. The van der Waals surface area contributed by atoms with Crippen LogP contribution in [0, 0.1) is 0 Å². The van der Waals surface area contributed by atoms with Gasteiger partial charge in [-0.2, -0.15) is 4.98 Å². The van der Waals surface area contributed by atoms with Gasteiger partial charge >= 0.3 is 0 Å². The molecule has 21 heavy (non-hydrogen) atoms. The lowest BCUT2D eigenvalue weighted by Gasteiger charge is -2.24. The SMILES string of the molecule is Clc1nc(NC2CCNCC2)c2sc3ccccc3c2n1. The predicted octanol–water partition coefficient (Wildman–Crippen LogP) is 3.66. The monoisotopic (exact) mass is 318 g/mol. The predicted molar refractivity (Wildman–Crippen MR) is 89.4 cm³/mol. The summed E-state index contributed by atoms with van der Waals surface area (Å²) < 4.78 is 2.32. The number of piperidine rings is 1. The van der Waals surface area contributed by atoms with Gasteiger partial charge < -0.3 is 10.6 Å². The Labute approximate surface area is 131 Å². The van der Waals surface area contributed by atoms with Crippen molar-refractivity contribution in [3.8, 4) is 0 Å². The molecule has 0 unspecified atom stereocenters. The summed E-state index contributed by atoms with van der Waals surface area (Å²) in [6.45, 7) is 2.10. The lowest BCUT2D eigenvalue weighted by molar-refractivity contribution is 0.478. The van der Waals surface area contributed by atoms with Crippen molar-refractivity contribution in [2.24, 2.45) is 0 Å². The average molecular weight is 319 g/mol. The highest BCUT2D eigenvalue weighted by Crippen LogP contribution is 2.37. The van der Waals surface area contributed by atoms with E-state index < -0.39 is 0 Å². The molecule has 0 bridgehead atoms. The second-order valence-electron chi connectivity index (χ2n) is 5.29. The summed E-state index contributed by atoms with van der Waals surface area (Å²) in [6.07, 6.45) is 2.21. The summed E-state index contributed by atoms with van der Waals surface area (Å²) in [5.74, 6) is 0.873. The number of nitrogens with zero attached hydrogens (tertiary/aromatic N) is 2. The van der Waals surface area contributed by atoms with E-state index in [0.717, 1.165) is 47.4 Å².